The minimum Gasteiger partial charge on any atom is -0.349 e. The molecule has 0 N–H and O–H groups in total. The molecule has 2 aromatic rings. The standard InChI is InChI=1S/C17H21N3/c1-4-15-11-17(19-13(3)18-15)20-10-9-14-7-5-6-8-16(14)12(20)2/h5-8,11-12H,4,9-10H2,1-3H3. The van der Waals surface area contributed by atoms with E-state index < -0.39 is 0 Å². The summed E-state index contributed by atoms with van der Waals surface area (Å²) in [6, 6.07) is 11.2. The monoisotopic (exact) mass is 267 g/mol. The fourth-order valence-corrected chi connectivity index (χ4v) is 3.03. The number of hydrogen-bond acceptors (Lipinski definition) is 3. The SMILES string of the molecule is CCc1cc(N2CCc3ccccc3C2C)nc(C)n1. The van der Waals surface area contributed by atoms with Gasteiger partial charge >= 0.3 is 0 Å². The van der Waals surface area contributed by atoms with Gasteiger partial charge in [-0.2, -0.15) is 0 Å². The summed E-state index contributed by atoms with van der Waals surface area (Å²) in [5.74, 6) is 1.93. The molecule has 3 nitrogen and oxygen atoms in total. The molecule has 104 valence electrons. The Hall–Kier alpha value is -1.90. The van der Waals surface area contributed by atoms with Crippen molar-refractivity contribution in [1.82, 2.24) is 9.97 Å². The second-order valence-electron chi connectivity index (χ2n) is 5.44. The number of fused-ring (bicyclic) bond motifs is 1. The van der Waals surface area contributed by atoms with E-state index in [0.29, 0.717) is 6.04 Å². The fourth-order valence-electron chi connectivity index (χ4n) is 3.03. The van der Waals surface area contributed by atoms with E-state index in [1.54, 1.807) is 0 Å². The molecule has 1 aromatic carbocycles. The zero-order chi connectivity index (χ0) is 14.1. The van der Waals surface area contributed by atoms with Crippen LogP contribution in [0, 0.1) is 6.92 Å². The van der Waals surface area contributed by atoms with Gasteiger partial charge in [0.1, 0.15) is 11.6 Å². The van der Waals surface area contributed by atoms with Gasteiger partial charge in [-0.15, -0.1) is 0 Å². The van der Waals surface area contributed by atoms with Gasteiger partial charge in [-0.25, -0.2) is 9.97 Å². The summed E-state index contributed by atoms with van der Waals surface area (Å²) in [5, 5.41) is 0. The molecule has 0 bridgehead atoms. The average molecular weight is 267 g/mol. The molecule has 0 amide bonds. The Morgan fingerprint density at radius 3 is 2.85 bits per heavy atom. The lowest BCUT2D eigenvalue weighted by Gasteiger charge is -2.36. The van der Waals surface area contributed by atoms with Crippen LogP contribution in [0.15, 0.2) is 30.3 Å². The molecule has 1 unspecified atom stereocenters. The van der Waals surface area contributed by atoms with E-state index in [4.69, 9.17) is 0 Å². The molecular weight excluding hydrogens is 246 g/mol. The molecule has 1 aromatic heterocycles. The Morgan fingerprint density at radius 2 is 2.05 bits per heavy atom. The maximum Gasteiger partial charge on any atom is 0.133 e. The quantitative estimate of drug-likeness (QED) is 0.834. The van der Waals surface area contributed by atoms with Crippen molar-refractivity contribution < 1.29 is 0 Å². The largest absolute Gasteiger partial charge is 0.349 e. The van der Waals surface area contributed by atoms with Crippen LogP contribution < -0.4 is 4.90 Å². The zero-order valence-corrected chi connectivity index (χ0v) is 12.4. The summed E-state index contributed by atoms with van der Waals surface area (Å²) in [4.78, 5) is 11.5. The van der Waals surface area contributed by atoms with Crippen molar-refractivity contribution in [1.29, 1.82) is 0 Å². The van der Waals surface area contributed by atoms with Crippen LogP contribution in [0.25, 0.3) is 0 Å². The number of rotatable bonds is 2. The first-order valence-electron chi connectivity index (χ1n) is 7.38. The Labute approximate surface area is 120 Å². The Morgan fingerprint density at radius 1 is 1.25 bits per heavy atom. The third kappa shape index (κ3) is 2.28. The maximum atomic E-state index is 4.64. The van der Waals surface area contributed by atoms with E-state index in [1.807, 2.05) is 6.92 Å². The topological polar surface area (TPSA) is 29.0 Å². The lowest BCUT2D eigenvalue weighted by molar-refractivity contribution is 0.614. The van der Waals surface area contributed by atoms with Gasteiger partial charge in [0.25, 0.3) is 0 Å². The van der Waals surface area contributed by atoms with Crippen LogP contribution in [-0.4, -0.2) is 16.5 Å². The van der Waals surface area contributed by atoms with E-state index in [1.165, 1.54) is 11.1 Å². The predicted molar refractivity (Wildman–Crippen MR) is 82.1 cm³/mol. The first-order valence-corrected chi connectivity index (χ1v) is 7.38. The lowest BCUT2D eigenvalue weighted by Crippen LogP contribution is -2.34. The van der Waals surface area contributed by atoms with Gasteiger partial charge < -0.3 is 4.90 Å². The third-order valence-electron chi connectivity index (χ3n) is 4.13. The summed E-state index contributed by atoms with van der Waals surface area (Å²) < 4.78 is 0. The third-order valence-corrected chi connectivity index (χ3v) is 4.13. The fraction of sp³-hybridized carbons (Fsp3) is 0.412. The second-order valence-corrected chi connectivity index (χ2v) is 5.44. The van der Waals surface area contributed by atoms with Gasteiger partial charge in [-0.3, -0.25) is 0 Å². The number of benzene rings is 1. The summed E-state index contributed by atoms with van der Waals surface area (Å²) >= 11 is 0. The summed E-state index contributed by atoms with van der Waals surface area (Å²) in [5.41, 5.74) is 4.02. The summed E-state index contributed by atoms with van der Waals surface area (Å²) in [6.07, 6.45) is 2.04. The van der Waals surface area contributed by atoms with E-state index in [0.717, 1.165) is 36.7 Å². The molecular formula is C17H21N3. The van der Waals surface area contributed by atoms with Crippen LogP contribution in [0.1, 0.15) is 42.5 Å². The highest BCUT2D eigenvalue weighted by molar-refractivity contribution is 5.47. The smallest absolute Gasteiger partial charge is 0.133 e. The average Bonchev–Trinajstić information content (AvgIpc) is 2.47. The molecule has 0 saturated carbocycles. The lowest BCUT2D eigenvalue weighted by atomic mass is 9.93. The Kier molecular flexibility index (Phi) is 3.43. The van der Waals surface area contributed by atoms with Crippen molar-refractivity contribution in [3.8, 4) is 0 Å². The molecule has 3 rings (SSSR count). The summed E-state index contributed by atoms with van der Waals surface area (Å²) in [6.45, 7) is 7.41. The molecule has 2 heterocycles. The highest BCUT2D eigenvalue weighted by Crippen LogP contribution is 2.32. The molecule has 1 aliphatic rings. The van der Waals surface area contributed by atoms with Crippen LogP contribution >= 0.6 is 0 Å². The van der Waals surface area contributed by atoms with Crippen molar-refractivity contribution in [2.24, 2.45) is 0 Å². The van der Waals surface area contributed by atoms with E-state index in [-0.39, 0.29) is 0 Å². The van der Waals surface area contributed by atoms with Crippen LogP contribution in [0.5, 0.6) is 0 Å². The van der Waals surface area contributed by atoms with Crippen molar-refractivity contribution in [3.05, 3.63) is 53.0 Å². The summed E-state index contributed by atoms with van der Waals surface area (Å²) in [7, 11) is 0. The normalized spacial score (nSPS) is 17.9. The number of aryl methyl sites for hydroxylation is 2. The van der Waals surface area contributed by atoms with Gasteiger partial charge in [0, 0.05) is 18.3 Å². The molecule has 20 heavy (non-hydrogen) atoms. The van der Waals surface area contributed by atoms with Crippen molar-refractivity contribution in [2.75, 3.05) is 11.4 Å². The number of nitrogens with zero attached hydrogens (tertiary/aromatic N) is 3. The zero-order valence-electron chi connectivity index (χ0n) is 12.4. The Balaban J connectivity index is 1.98. The van der Waals surface area contributed by atoms with Gasteiger partial charge in [0.2, 0.25) is 0 Å². The molecule has 0 saturated heterocycles. The van der Waals surface area contributed by atoms with E-state index in [2.05, 4.69) is 59.0 Å². The number of aromatic nitrogens is 2. The van der Waals surface area contributed by atoms with Crippen LogP contribution in [0.3, 0.4) is 0 Å². The van der Waals surface area contributed by atoms with Crippen LogP contribution in [0.2, 0.25) is 0 Å². The first-order chi connectivity index (χ1) is 9.69. The number of anilines is 1. The van der Waals surface area contributed by atoms with Gasteiger partial charge in [0.05, 0.1) is 6.04 Å². The van der Waals surface area contributed by atoms with Gasteiger partial charge in [-0.05, 0) is 37.8 Å². The van der Waals surface area contributed by atoms with Gasteiger partial charge in [0.15, 0.2) is 0 Å². The van der Waals surface area contributed by atoms with E-state index in [9.17, 15) is 0 Å². The molecule has 0 radical (unpaired) electrons. The molecule has 3 heteroatoms. The Bertz CT molecular complexity index is 621. The minimum absolute atomic E-state index is 0.374. The van der Waals surface area contributed by atoms with Gasteiger partial charge in [-0.1, -0.05) is 31.2 Å². The highest BCUT2D eigenvalue weighted by Gasteiger charge is 2.24. The van der Waals surface area contributed by atoms with Crippen LogP contribution in [0.4, 0.5) is 5.82 Å². The maximum absolute atomic E-state index is 4.64. The molecule has 0 aliphatic carbocycles. The molecule has 0 spiro atoms. The van der Waals surface area contributed by atoms with Crippen molar-refractivity contribution in [3.63, 3.8) is 0 Å². The van der Waals surface area contributed by atoms with Crippen LogP contribution in [-0.2, 0) is 12.8 Å². The van der Waals surface area contributed by atoms with E-state index >= 15 is 0 Å². The predicted octanol–water partition coefficient (Wildman–Crippen LogP) is 3.47. The molecule has 1 atom stereocenters. The molecule has 1 aliphatic heterocycles. The highest BCUT2D eigenvalue weighted by atomic mass is 15.2. The van der Waals surface area contributed by atoms with Crippen molar-refractivity contribution in [2.45, 2.75) is 39.7 Å². The second kappa shape index (κ2) is 5.23. The molecule has 0 fully saturated rings. The first kappa shape index (κ1) is 13.1. The van der Waals surface area contributed by atoms with Crippen molar-refractivity contribution >= 4 is 5.82 Å². The number of hydrogen-bond donors (Lipinski definition) is 0. The minimum atomic E-state index is 0.374.